The standard InChI is InChI=1S/C18H27N5S2.HI/c1-4-19-18(22(3)12-16-13-25-14(2)21-16)20-7-9-23-8-5-17-15(11-23)6-10-24-17;/h6,10,13H,4-5,7-9,11-12H2,1-3H3,(H,19,20);1H. The Morgan fingerprint density at radius 2 is 2.27 bits per heavy atom. The molecule has 0 unspecified atom stereocenters. The van der Waals surface area contributed by atoms with Gasteiger partial charge in [0.2, 0.25) is 0 Å². The van der Waals surface area contributed by atoms with Crippen LogP contribution in [-0.4, -0.2) is 54.0 Å². The molecule has 144 valence electrons. The minimum Gasteiger partial charge on any atom is -0.357 e. The maximum atomic E-state index is 4.82. The highest BCUT2D eigenvalue weighted by molar-refractivity contribution is 14.0. The number of hydrogen-bond donors (Lipinski definition) is 1. The van der Waals surface area contributed by atoms with Crippen LogP contribution in [0, 0.1) is 6.92 Å². The number of aliphatic imine (C=N–C) groups is 1. The molecular weight excluding hydrogens is 477 g/mol. The zero-order valence-corrected chi connectivity index (χ0v) is 19.7. The van der Waals surface area contributed by atoms with Crippen LogP contribution in [0.15, 0.2) is 21.8 Å². The van der Waals surface area contributed by atoms with E-state index in [0.29, 0.717) is 0 Å². The largest absolute Gasteiger partial charge is 0.357 e. The molecule has 0 saturated carbocycles. The van der Waals surface area contributed by atoms with Gasteiger partial charge in [0.25, 0.3) is 0 Å². The summed E-state index contributed by atoms with van der Waals surface area (Å²) in [5.74, 6) is 0.960. The lowest BCUT2D eigenvalue weighted by molar-refractivity contribution is 0.263. The monoisotopic (exact) mass is 505 g/mol. The average Bonchev–Trinajstić information content (AvgIpc) is 3.22. The zero-order valence-electron chi connectivity index (χ0n) is 15.7. The Hall–Kier alpha value is -0.710. The van der Waals surface area contributed by atoms with Crippen molar-refractivity contribution >= 4 is 52.6 Å². The predicted molar refractivity (Wildman–Crippen MR) is 123 cm³/mol. The van der Waals surface area contributed by atoms with E-state index < -0.39 is 0 Å². The van der Waals surface area contributed by atoms with Crippen molar-refractivity contribution in [3.63, 3.8) is 0 Å². The lowest BCUT2D eigenvalue weighted by atomic mass is 10.1. The Bertz CT molecular complexity index is 712. The van der Waals surface area contributed by atoms with Crippen LogP contribution < -0.4 is 5.32 Å². The van der Waals surface area contributed by atoms with E-state index in [9.17, 15) is 0 Å². The molecule has 0 atom stereocenters. The molecule has 3 heterocycles. The molecule has 0 aromatic carbocycles. The smallest absolute Gasteiger partial charge is 0.194 e. The molecule has 1 N–H and O–H groups in total. The molecule has 26 heavy (non-hydrogen) atoms. The molecule has 0 aliphatic carbocycles. The average molecular weight is 505 g/mol. The highest BCUT2D eigenvalue weighted by atomic mass is 127. The minimum atomic E-state index is 0. The van der Waals surface area contributed by atoms with E-state index >= 15 is 0 Å². The van der Waals surface area contributed by atoms with Crippen molar-refractivity contribution < 1.29 is 0 Å². The molecule has 3 rings (SSSR count). The number of halogens is 1. The first-order valence-electron chi connectivity index (χ1n) is 8.83. The third-order valence-corrected chi connectivity index (χ3v) is 6.17. The zero-order chi connectivity index (χ0) is 17.6. The van der Waals surface area contributed by atoms with Gasteiger partial charge in [-0.25, -0.2) is 4.98 Å². The lowest BCUT2D eigenvalue weighted by Crippen LogP contribution is -2.39. The molecule has 0 amide bonds. The Morgan fingerprint density at radius 1 is 1.42 bits per heavy atom. The molecular formula is C18H28IN5S2. The van der Waals surface area contributed by atoms with Gasteiger partial charge in [-0.1, -0.05) is 0 Å². The summed E-state index contributed by atoms with van der Waals surface area (Å²) in [6, 6.07) is 2.27. The van der Waals surface area contributed by atoms with Crippen molar-refractivity contribution in [1.29, 1.82) is 0 Å². The molecule has 1 aliphatic rings. The summed E-state index contributed by atoms with van der Waals surface area (Å²) in [6.45, 7) is 9.87. The van der Waals surface area contributed by atoms with Crippen molar-refractivity contribution in [3.8, 4) is 0 Å². The molecule has 2 aromatic rings. The van der Waals surface area contributed by atoms with Crippen LogP contribution in [0.2, 0.25) is 0 Å². The second kappa shape index (κ2) is 10.6. The number of fused-ring (bicyclic) bond motifs is 1. The van der Waals surface area contributed by atoms with E-state index in [2.05, 4.69) is 50.9 Å². The summed E-state index contributed by atoms with van der Waals surface area (Å²) in [5.41, 5.74) is 2.61. The van der Waals surface area contributed by atoms with Crippen molar-refractivity contribution in [1.82, 2.24) is 20.1 Å². The third-order valence-electron chi connectivity index (χ3n) is 4.33. The van der Waals surface area contributed by atoms with Crippen molar-refractivity contribution in [3.05, 3.63) is 38.0 Å². The van der Waals surface area contributed by atoms with Gasteiger partial charge in [-0.05, 0) is 37.3 Å². The summed E-state index contributed by atoms with van der Waals surface area (Å²) in [7, 11) is 2.08. The second-order valence-electron chi connectivity index (χ2n) is 6.34. The van der Waals surface area contributed by atoms with Crippen LogP contribution in [0.3, 0.4) is 0 Å². The van der Waals surface area contributed by atoms with Crippen LogP contribution in [0.25, 0.3) is 0 Å². The van der Waals surface area contributed by atoms with E-state index in [-0.39, 0.29) is 24.0 Å². The molecule has 0 radical (unpaired) electrons. The van der Waals surface area contributed by atoms with Crippen molar-refractivity contribution in [2.75, 3.05) is 33.2 Å². The number of nitrogens with zero attached hydrogens (tertiary/aromatic N) is 4. The molecule has 1 aliphatic heterocycles. The maximum Gasteiger partial charge on any atom is 0.194 e. The van der Waals surface area contributed by atoms with Gasteiger partial charge in [0.05, 0.1) is 23.8 Å². The van der Waals surface area contributed by atoms with Gasteiger partial charge in [0.1, 0.15) is 0 Å². The first-order chi connectivity index (χ1) is 12.2. The van der Waals surface area contributed by atoms with Gasteiger partial charge >= 0.3 is 0 Å². The number of nitrogens with one attached hydrogen (secondary N) is 1. The fourth-order valence-electron chi connectivity index (χ4n) is 3.06. The fraction of sp³-hybridized carbons (Fsp3) is 0.556. The van der Waals surface area contributed by atoms with E-state index in [1.165, 1.54) is 12.0 Å². The Labute approximate surface area is 181 Å². The van der Waals surface area contributed by atoms with Gasteiger partial charge in [-0.2, -0.15) is 0 Å². The Balaban J connectivity index is 0.00000243. The quantitative estimate of drug-likeness (QED) is 0.370. The maximum absolute atomic E-state index is 4.82. The number of thiazole rings is 1. The number of hydrogen-bond acceptors (Lipinski definition) is 5. The molecule has 0 fully saturated rings. The van der Waals surface area contributed by atoms with Gasteiger partial charge < -0.3 is 10.2 Å². The van der Waals surface area contributed by atoms with E-state index in [4.69, 9.17) is 4.99 Å². The molecule has 0 saturated heterocycles. The minimum absolute atomic E-state index is 0. The molecule has 0 bridgehead atoms. The summed E-state index contributed by atoms with van der Waals surface area (Å²) < 4.78 is 0. The first-order valence-corrected chi connectivity index (χ1v) is 10.6. The molecule has 2 aromatic heterocycles. The first kappa shape index (κ1) is 21.6. The Kier molecular flexibility index (Phi) is 8.78. The number of aryl methyl sites for hydroxylation is 1. The van der Waals surface area contributed by atoms with Crippen molar-refractivity contribution in [2.45, 2.75) is 33.4 Å². The van der Waals surface area contributed by atoms with Crippen LogP contribution in [0.1, 0.15) is 28.1 Å². The van der Waals surface area contributed by atoms with E-state index in [1.807, 2.05) is 18.3 Å². The van der Waals surface area contributed by atoms with E-state index in [0.717, 1.165) is 55.9 Å². The predicted octanol–water partition coefficient (Wildman–Crippen LogP) is 3.59. The van der Waals surface area contributed by atoms with Gasteiger partial charge in [-0.15, -0.1) is 46.7 Å². The summed E-state index contributed by atoms with van der Waals surface area (Å²) in [4.78, 5) is 15.6. The summed E-state index contributed by atoms with van der Waals surface area (Å²) in [5, 5.41) is 8.85. The lowest BCUT2D eigenvalue weighted by Gasteiger charge is -2.26. The SMILES string of the molecule is CCNC(=NCCN1CCc2sccc2C1)N(C)Cc1csc(C)n1.I. The summed E-state index contributed by atoms with van der Waals surface area (Å²) in [6.07, 6.45) is 1.18. The van der Waals surface area contributed by atoms with Gasteiger partial charge in [0, 0.05) is 43.5 Å². The van der Waals surface area contributed by atoms with Crippen molar-refractivity contribution in [2.24, 2.45) is 4.99 Å². The molecule has 8 heteroatoms. The summed E-state index contributed by atoms with van der Waals surface area (Å²) >= 11 is 3.59. The normalized spacial score (nSPS) is 14.7. The van der Waals surface area contributed by atoms with Crippen LogP contribution >= 0.6 is 46.7 Å². The molecule has 5 nitrogen and oxygen atoms in total. The third kappa shape index (κ3) is 5.90. The highest BCUT2D eigenvalue weighted by Gasteiger charge is 2.16. The topological polar surface area (TPSA) is 43.8 Å². The number of rotatable bonds is 6. The number of thiophene rings is 1. The highest BCUT2D eigenvalue weighted by Crippen LogP contribution is 2.23. The number of guanidine groups is 1. The van der Waals surface area contributed by atoms with Gasteiger partial charge in [0.15, 0.2) is 5.96 Å². The number of aromatic nitrogens is 1. The fourth-order valence-corrected chi connectivity index (χ4v) is 4.56. The van der Waals surface area contributed by atoms with Gasteiger partial charge in [-0.3, -0.25) is 9.89 Å². The molecule has 0 spiro atoms. The van der Waals surface area contributed by atoms with E-state index in [1.54, 1.807) is 16.2 Å². The van der Waals surface area contributed by atoms with Crippen LogP contribution in [0.4, 0.5) is 0 Å². The second-order valence-corrected chi connectivity index (χ2v) is 8.41. The van der Waals surface area contributed by atoms with Crippen LogP contribution in [-0.2, 0) is 19.5 Å². The van der Waals surface area contributed by atoms with Crippen LogP contribution in [0.5, 0.6) is 0 Å². The Morgan fingerprint density at radius 3 is 3.00 bits per heavy atom.